The lowest BCUT2D eigenvalue weighted by Gasteiger charge is -2.08. The van der Waals surface area contributed by atoms with Crippen LogP contribution in [0.15, 0.2) is 0 Å². The minimum absolute atomic E-state index is 0.127. The molecule has 0 fully saturated rings. The van der Waals surface area contributed by atoms with Crippen LogP contribution in [0.3, 0.4) is 0 Å². The SMILES string of the molecule is CC(C)[C@@H](O)CO.CC(C)[C@H](O)CO. The fourth-order valence-electron chi connectivity index (χ4n) is 0.422. The van der Waals surface area contributed by atoms with Gasteiger partial charge >= 0.3 is 0 Å². The smallest absolute Gasteiger partial charge is 0.0793 e. The summed E-state index contributed by atoms with van der Waals surface area (Å²) in [5.74, 6) is 0.343. The Labute approximate surface area is 86.2 Å². The molecule has 0 aromatic carbocycles. The van der Waals surface area contributed by atoms with Crippen LogP contribution in [0.4, 0.5) is 0 Å². The van der Waals surface area contributed by atoms with E-state index in [0.29, 0.717) is 0 Å². The quantitative estimate of drug-likeness (QED) is 0.524. The largest absolute Gasteiger partial charge is 0.394 e. The first-order valence-electron chi connectivity index (χ1n) is 4.94. The maximum atomic E-state index is 8.69. The third-order valence-electron chi connectivity index (χ3n) is 1.91. The minimum atomic E-state index is -0.542. The van der Waals surface area contributed by atoms with Crippen LogP contribution >= 0.6 is 0 Å². The summed E-state index contributed by atoms with van der Waals surface area (Å²) in [6.45, 7) is 7.19. The van der Waals surface area contributed by atoms with Crippen molar-refractivity contribution in [1.29, 1.82) is 0 Å². The molecule has 0 unspecified atom stereocenters. The number of aliphatic hydroxyl groups is 4. The Bertz CT molecular complexity index is 101. The molecule has 0 rings (SSSR count). The lowest BCUT2D eigenvalue weighted by molar-refractivity contribution is 0.0597. The average Bonchev–Trinajstić information content (AvgIpc) is 2.15. The Morgan fingerprint density at radius 1 is 0.714 bits per heavy atom. The highest BCUT2D eigenvalue weighted by Crippen LogP contribution is 1.98. The summed E-state index contributed by atoms with van der Waals surface area (Å²) in [7, 11) is 0. The molecule has 88 valence electrons. The molecule has 0 aromatic heterocycles. The average molecular weight is 208 g/mol. The Morgan fingerprint density at radius 3 is 0.929 bits per heavy atom. The molecule has 0 amide bonds. The van der Waals surface area contributed by atoms with E-state index < -0.39 is 12.2 Å². The second-order valence-corrected chi connectivity index (χ2v) is 3.99. The zero-order valence-corrected chi connectivity index (χ0v) is 9.51. The zero-order valence-electron chi connectivity index (χ0n) is 9.51. The van der Waals surface area contributed by atoms with Gasteiger partial charge in [-0.05, 0) is 11.8 Å². The molecule has 0 aromatic rings. The summed E-state index contributed by atoms with van der Waals surface area (Å²) >= 11 is 0. The topological polar surface area (TPSA) is 80.9 Å². The second kappa shape index (κ2) is 9.40. The van der Waals surface area contributed by atoms with Crippen LogP contribution in [0.1, 0.15) is 27.7 Å². The van der Waals surface area contributed by atoms with Gasteiger partial charge in [-0.15, -0.1) is 0 Å². The molecule has 4 heteroatoms. The molecular formula is C10H24O4. The molecule has 0 spiro atoms. The summed E-state index contributed by atoms with van der Waals surface area (Å²) in [4.78, 5) is 0. The monoisotopic (exact) mass is 208 g/mol. The van der Waals surface area contributed by atoms with E-state index in [1.165, 1.54) is 0 Å². The summed E-state index contributed by atoms with van der Waals surface area (Å²) in [6, 6.07) is 0. The standard InChI is InChI=1S/2C5H12O2/c2*1-4(2)5(7)3-6/h2*4-7H,3H2,1-2H3/t2*5-/m10/s1. The van der Waals surface area contributed by atoms with E-state index in [1.54, 1.807) is 0 Å². The molecule has 0 heterocycles. The first-order chi connectivity index (χ1) is 6.36. The Morgan fingerprint density at radius 2 is 0.929 bits per heavy atom. The van der Waals surface area contributed by atoms with E-state index in [-0.39, 0.29) is 25.0 Å². The van der Waals surface area contributed by atoms with Crippen molar-refractivity contribution in [2.75, 3.05) is 13.2 Å². The van der Waals surface area contributed by atoms with Gasteiger partial charge < -0.3 is 20.4 Å². The third-order valence-corrected chi connectivity index (χ3v) is 1.91. The van der Waals surface area contributed by atoms with Crippen LogP contribution < -0.4 is 0 Å². The van der Waals surface area contributed by atoms with E-state index in [4.69, 9.17) is 20.4 Å². The maximum Gasteiger partial charge on any atom is 0.0793 e. The molecule has 0 saturated carbocycles. The van der Waals surface area contributed by atoms with Crippen LogP contribution in [0.5, 0.6) is 0 Å². The highest BCUT2D eigenvalue weighted by atomic mass is 16.3. The highest BCUT2D eigenvalue weighted by Gasteiger charge is 2.05. The molecular weight excluding hydrogens is 184 g/mol. The lowest BCUT2D eigenvalue weighted by Crippen LogP contribution is -2.18. The zero-order chi connectivity index (χ0) is 11.7. The third kappa shape index (κ3) is 9.92. The molecule has 4 nitrogen and oxygen atoms in total. The van der Waals surface area contributed by atoms with E-state index in [9.17, 15) is 0 Å². The van der Waals surface area contributed by atoms with Gasteiger partial charge in [0.2, 0.25) is 0 Å². The summed E-state index contributed by atoms with van der Waals surface area (Å²) in [5.41, 5.74) is 0. The number of hydrogen-bond acceptors (Lipinski definition) is 4. The first-order valence-corrected chi connectivity index (χ1v) is 4.94. The predicted molar refractivity (Wildman–Crippen MR) is 55.9 cm³/mol. The Balaban J connectivity index is 0. The molecule has 0 bridgehead atoms. The van der Waals surface area contributed by atoms with Crippen molar-refractivity contribution in [3.8, 4) is 0 Å². The molecule has 14 heavy (non-hydrogen) atoms. The number of aliphatic hydroxyl groups excluding tert-OH is 4. The van der Waals surface area contributed by atoms with Gasteiger partial charge in [0, 0.05) is 0 Å². The van der Waals surface area contributed by atoms with Gasteiger partial charge in [-0.25, -0.2) is 0 Å². The maximum absolute atomic E-state index is 8.69. The van der Waals surface area contributed by atoms with Gasteiger partial charge in [0.05, 0.1) is 25.4 Å². The fraction of sp³-hybridized carbons (Fsp3) is 1.00. The van der Waals surface area contributed by atoms with Gasteiger partial charge in [-0.2, -0.15) is 0 Å². The van der Waals surface area contributed by atoms with E-state index in [0.717, 1.165) is 0 Å². The molecule has 0 aliphatic heterocycles. The molecule has 2 atom stereocenters. The van der Waals surface area contributed by atoms with Crippen LogP contribution in [0.25, 0.3) is 0 Å². The molecule has 0 aliphatic rings. The van der Waals surface area contributed by atoms with Crippen molar-refractivity contribution >= 4 is 0 Å². The summed E-state index contributed by atoms with van der Waals surface area (Å²) in [5, 5.41) is 33.9. The second-order valence-electron chi connectivity index (χ2n) is 3.99. The fourth-order valence-corrected chi connectivity index (χ4v) is 0.422. The van der Waals surface area contributed by atoms with Crippen molar-refractivity contribution in [2.24, 2.45) is 11.8 Å². The highest BCUT2D eigenvalue weighted by molar-refractivity contribution is 4.55. The van der Waals surface area contributed by atoms with Gasteiger partial charge in [-0.1, -0.05) is 27.7 Å². The van der Waals surface area contributed by atoms with Crippen molar-refractivity contribution in [1.82, 2.24) is 0 Å². The van der Waals surface area contributed by atoms with Crippen LogP contribution in [-0.4, -0.2) is 45.8 Å². The van der Waals surface area contributed by atoms with Crippen LogP contribution in [-0.2, 0) is 0 Å². The normalized spacial score (nSPS) is 15.0. The van der Waals surface area contributed by atoms with E-state index >= 15 is 0 Å². The van der Waals surface area contributed by atoms with Gasteiger partial charge in [-0.3, -0.25) is 0 Å². The molecule has 0 saturated heterocycles. The first kappa shape index (κ1) is 16.3. The Kier molecular flexibility index (Phi) is 10.9. The molecule has 4 N–H and O–H groups in total. The van der Waals surface area contributed by atoms with Crippen molar-refractivity contribution in [3.05, 3.63) is 0 Å². The lowest BCUT2D eigenvalue weighted by atomic mass is 10.1. The number of hydrogen-bond donors (Lipinski definition) is 4. The van der Waals surface area contributed by atoms with Crippen molar-refractivity contribution < 1.29 is 20.4 Å². The minimum Gasteiger partial charge on any atom is -0.394 e. The number of rotatable bonds is 4. The molecule has 0 radical (unpaired) electrons. The summed E-state index contributed by atoms with van der Waals surface area (Å²) < 4.78 is 0. The van der Waals surface area contributed by atoms with Crippen molar-refractivity contribution in [2.45, 2.75) is 39.9 Å². The Hall–Kier alpha value is -0.160. The summed E-state index contributed by atoms with van der Waals surface area (Å²) in [6.07, 6.45) is -1.08. The van der Waals surface area contributed by atoms with Crippen LogP contribution in [0.2, 0.25) is 0 Å². The van der Waals surface area contributed by atoms with Gasteiger partial charge in [0.1, 0.15) is 0 Å². The van der Waals surface area contributed by atoms with E-state index in [2.05, 4.69) is 0 Å². The van der Waals surface area contributed by atoms with Crippen molar-refractivity contribution in [3.63, 3.8) is 0 Å². The molecule has 0 aliphatic carbocycles. The predicted octanol–water partition coefficient (Wildman–Crippen LogP) is -0.00880. The van der Waals surface area contributed by atoms with Gasteiger partial charge in [0.15, 0.2) is 0 Å². The van der Waals surface area contributed by atoms with E-state index in [1.807, 2.05) is 27.7 Å². The van der Waals surface area contributed by atoms with Crippen LogP contribution in [0, 0.1) is 11.8 Å². The van der Waals surface area contributed by atoms with Gasteiger partial charge in [0.25, 0.3) is 0 Å².